The van der Waals surface area contributed by atoms with E-state index < -0.39 is 11.5 Å². The lowest BCUT2D eigenvalue weighted by molar-refractivity contribution is 0.0733. The van der Waals surface area contributed by atoms with Crippen LogP contribution in [-0.4, -0.2) is 43.2 Å². The molecule has 0 radical (unpaired) electrons. The van der Waals surface area contributed by atoms with Crippen LogP contribution >= 0.6 is 31.9 Å². The first-order valence-corrected chi connectivity index (χ1v) is 14.5. The Hall–Kier alpha value is -4.48. The zero-order valence-corrected chi connectivity index (χ0v) is 26.7. The van der Waals surface area contributed by atoms with Gasteiger partial charge in [0.15, 0.2) is 23.1 Å². The fraction of sp³-hybridized carbons (Fsp3) is 0.125. The Balaban J connectivity index is 1.67. The van der Waals surface area contributed by atoms with Crippen molar-refractivity contribution in [1.82, 2.24) is 9.66 Å². The molecule has 4 aromatic carbocycles. The first-order chi connectivity index (χ1) is 20.7. The average molecular weight is 707 g/mol. The smallest absolute Gasteiger partial charge is 0.343 e. The number of carbonyl (C=O) groups excluding carboxylic acids is 1. The molecule has 5 aromatic rings. The molecule has 218 valence electrons. The molecule has 0 unspecified atom stereocenters. The predicted octanol–water partition coefficient (Wildman–Crippen LogP) is 7.02. The van der Waals surface area contributed by atoms with E-state index in [9.17, 15) is 9.59 Å². The summed E-state index contributed by atoms with van der Waals surface area (Å²) in [4.78, 5) is 31.6. The van der Waals surface area contributed by atoms with Crippen molar-refractivity contribution in [2.75, 3.05) is 21.3 Å². The summed E-state index contributed by atoms with van der Waals surface area (Å²) in [6.07, 6.45) is 1.44. The zero-order chi connectivity index (χ0) is 30.7. The van der Waals surface area contributed by atoms with E-state index in [1.54, 1.807) is 60.7 Å². The van der Waals surface area contributed by atoms with E-state index in [1.165, 1.54) is 32.2 Å². The molecule has 0 atom stereocenters. The molecule has 0 saturated carbocycles. The molecule has 43 heavy (non-hydrogen) atoms. The lowest BCUT2D eigenvalue weighted by Gasteiger charge is -2.15. The van der Waals surface area contributed by atoms with Gasteiger partial charge in [0.1, 0.15) is 0 Å². The van der Waals surface area contributed by atoms with Crippen LogP contribution < -0.4 is 24.5 Å². The summed E-state index contributed by atoms with van der Waals surface area (Å²) in [5.41, 5.74) is 2.42. The molecule has 0 spiro atoms. The summed E-state index contributed by atoms with van der Waals surface area (Å²) in [6, 6.07) is 20.9. The highest BCUT2D eigenvalue weighted by molar-refractivity contribution is 9.11. The second-order valence-corrected chi connectivity index (χ2v) is 11.1. The van der Waals surface area contributed by atoms with Crippen molar-refractivity contribution in [2.45, 2.75) is 6.92 Å². The number of fused-ring (bicyclic) bond motifs is 1. The maximum Gasteiger partial charge on any atom is 0.343 e. The maximum atomic E-state index is 13.8. The van der Waals surface area contributed by atoms with E-state index in [1.807, 2.05) is 19.1 Å². The van der Waals surface area contributed by atoms with Crippen molar-refractivity contribution in [3.63, 3.8) is 0 Å². The highest BCUT2D eigenvalue weighted by Gasteiger charge is 2.20. The molecule has 0 aliphatic heterocycles. The minimum absolute atomic E-state index is 0.228. The van der Waals surface area contributed by atoms with Crippen molar-refractivity contribution in [3.8, 4) is 34.4 Å². The second kappa shape index (κ2) is 12.8. The normalized spacial score (nSPS) is 11.1. The standard InChI is InChI=1S/C32H25Br2N3O6/c1-18-9-11-19(12-10-18)32(39)43-28-21(13-22(33)16-24(28)34)17-35-37-30(36-25-8-6-5-7-23(25)31(37)38)20-14-26(40-2)29(42-4)27(15-20)41-3/h5-17H,1-4H3. The summed E-state index contributed by atoms with van der Waals surface area (Å²) in [7, 11) is 4.52. The number of benzene rings is 4. The number of rotatable bonds is 8. The van der Waals surface area contributed by atoms with Crippen molar-refractivity contribution >= 4 is 54.9 Å². The summed E-state index contributed by atoms with van der Waals surface area (Å²) in [6.45, 7) is 1.94. The molecule has 0 amide bonds. The van der Waals surface area contributed by atoms with E-state index >= 15 is 0 Å². The number of methoxy groups -OCH3 is 3. The van der Waals surface area contributed by atoms with Crippen LogP contribution in [0.5, 0.6) is 23.0 Å². The average Bonchev–Trinajstić information content (AvgIpc) is 3.01. The number of aryl methyl sites for hydroxylation is 1. The van der Waals surface area contributed by atoms with Crippen molar-refractivity contribution in [1.29, 1.82) is 0 Å². The minimum Gasteiger partial charge on any atom is -0.493 e. The third kappa shape index (κ3) is 6.18. The molecule has 0 aliphatic rings. The number of nitrogens with zero attached hydrogens (tertiary/aromatic N) is 3. The molecule has 0 fully saturated rings. The molecule has 9 nitrogen and oxygen atoms in total. The number of ether oxygens (including phenoxy) is 4. The van der Waals surface area contributed by atoms with Gasteiger partial charge in [-0.15, -0.1) is 0 Å². The molecule has 11 heteroatoms. The highest BCUT2D eigenvalue weighted by Crippen LogP contribution is 2.41. The predicted molar refractivity (Wildman–Crippen MR) is 172 cm³/mol. The molecule has 1 heterocycles. The van der Waals surface area contributed by atoms with Gasteiger partial charge in [0.05, 0.1) is 48.5 Å². The topological polar surface area (TPSA) is 101 Å². The van der Waals surface area contributed by atoms with Crippen LogP contribution in [0.15, 0.2) is 91.6 Å². The van der Waals surface area contributed by atoms with Gasteiger partial charge >= 0.3 is 5.97 Å². The third-order valence-electron chi connectivity index (χ3n) is 6.51. The van der Waals surface area contributed by atoms with Gasteiger partial charge < -0.3 is 18.9 Å². The minimum atomic E-state index is -0.541. The third-order valence-corrected chi connectivity index (χ3v) is 7.56. The van der Waals surface area contributed by atoms with Crippen LogP contribution in [0.4, 0.5) is 0 Å². The SMILES string of the molecule is COc1cc(-c2nc3ccccc3c(=O)n2N=Cc2cc(Br)cc(Br)c2OC(=O)c2ccc(C)cc2)cc(OC)c1OC. The van der Waals surface area contributed by atoms with Crippen LogP contribution in [-0.2, 0) is 0 Å². The largest absolute Gasteiger partial charge is 0.493 e. The molecule has 0 N–H and O–H groups in total. The van der Waals surface area contributed by atoms with Gasteiger partial charge in [-0.2, -0.15) is 9.78 Å². The second-order valence-electron chi connectivity index (χ2n) is 9.29. The Morgan fingerprint density at radius 3 is 2.21 bits per heavy atom. The quantitative estimate of drug-likeness (QED) is 0.0971. The van der Waals surface area contributed by atoms with Gasteiger partial charge in [-0.3, -0.25) is 4.79 Å². The zero-order valence-electron chi connectivity index (χ0n) is 23.6. The maximum absolute atomic E-state index is 13.8. The number of aromatic nitrogens is 2. The summed E-state index contributed by atoms with van der Waals surface area (Å²) in [5.74, 6) is 1.08. The van der Waals surface area contributed by atoms with Gasteiger partial charge in [0, 0.05) is 15.6 Å². The van der Waals surface area contributed by atoms with Crippen molar-refractivity contribution < 1.29 is 23.7 Å². The Morgan fingerprint density at radius 1 is 0.884 bits per heavy atom. The van der Waals surface area contributed by atoms with Crippen LogP contribution in [0.3, 0.4) is 0 Å². The Kier molecular flexibility index (Phi) is 8.93. The molecular weight excluding hydrogens is 682 g/mol. The van der Waals surface area contributed by atoms with Crippen molar-refractivity contribution in [3.05, 3.63) is 109 Å². The first-order valence-electron chi connectivity index (χ1n) is 12.9. The van der Waals surface area contributed by atoms with Gasteiger partial charge in [-0.05, 0) is 71.4 Å². The Morgan fingerprint density at radius 2 is 1.56 bits per heavy atom. The number of para-hydroxylation sites is 1. The number of halogens is 2. The van der Waals surface area contributed by atoms with Crippen molar-refractivity contribution in [2.24, 2.45) is 5.10 Å². The van der Waals surface area contributed by atoms with E-state index in [2.05, 4.69) is 37.0 Å². The number of esters is 1. The van der Waals surface area contributed by atoms with Gasteiger partial charge in [-0.25, -0.2) is 9.78 Å². The van der Waals surface area contributed by atoms with Crippen LogP contribution in [0.25, 0.3) is 22.3 Å². The summed E-state index contributed by atoms with van der Waals surface area (Å²) < 4.78 is 24.7. The lowest BCUT2D eigenvalue weighted by Crippen LogP contribution is -2.20. The van der Waals surface area contributed by atoms with Crippen LogP contribution in [0.1, 0.15) is 21.5 Å². The number of carbonyl (C=O) groups is 1. The van der Waals surface area contributed by atoms with E-state index in [4.69, 9.17) is 23.9 Å². The van der Waals surface area contributed by atoms with Gasteiger partial charge in [-0.1, -0.05) is 45.8 Å². The van der Waals surface area contributed by atoms with E-state index in [0.29, 0.717) is 53.8 Å². The highest BCUT2D eigenvalue weighted by atomic mass is 79.9. The fourth-order valence-electron chi connectivity index (χ4n) is 4.37. The summed E-state index contributed by atoms with van der Waals surface area (Å²) >= 11 is 6.97. The fourth-order valence-corrected chi connectivity index (χ4v) is 5.71. The molecule has 1 aromatic heterocycles. The van der Waals surface area contributed by atoms with Crippen LogP contribution in [0.2, 0.25) is 0 Å². The summed E-state index contributed by atoms with van der Waals surface area (Å²) in [5, 5.41) is 4.93. The van der Waals surface area contributed by atoms with E-state index in [0.717, 1.165) is 5.56 Å². The van der Waals surface area contributed by atoms with Crippen LogP contribution in [0, 0.1) is 6.92 Å². The first kappa shape index (κ1) is 30.0. The lowest BCUT2D eigenvalue weighted by atomic mass is 10.1. The molecule has 0 saturated heterocycles. The monoisotopic (exact) mass is 705 g/mol. The van der Waals surface area contributed by atoms with Gasteiger partial charge in [0.25, 0.3) is 5.56 Å². The Bertz CT molecular complexity index is 1910. The molecule has 0 bridgehead atoms. The number of hydrogen-bond donors (Lipinski definition) is 0. The Labute approximate surface area is 264 Å². The van der Waals surface area contributed by atoms with Gasteiger partial charge in [0.2, 0.25) is 5.75 Å². The van der Waals surface area contributed by atoms with E-state index in [-0.39, 0.29) is 11.6 Å². The number of hydrogen-bond acceptors (Lipinski definition) is 8. The molecule has 0 aliphatic carbocycles. The molecule has 5 rings (SSSR count). The molecular formula is C32H25Br2N3O6.